The average Bonchev–Trinajstić information content (AvgIpc) is 2.94. The summed E-state index contributed by atoms with van der Waals surface area (Å²) in [7, 11) is 0. The molecule has 0 radical (unpaired) electrons. The Morgan fingerprint density at radius 2 is 2.00 bits per heavy atom. The molecule has 4 N–H and O–H groups in total. The summed E-state index contributed by atoms with van der Waals surface area (Å²) in [5.74, 6) is -0.132. The highest BCUT2D eigenvalue weighted by molar-refractivity contribution is 5.80. The molecule has 2 rings (SSSR count). The molecule has 0 saturated heterocycles. The van der Waals surface area contributed by atoms with Gasteiger partial charge in [0.15, 0.2) is 0 Å². The number of aromatic nitrogens is 1. The first-order valence-electron chi connectivity index (χ1n) is 6.29. The summed E-state index contributed by atoms with van der Waals surface area (Å²) >= 11 is 0. The van der Waals surface area contributed by atoms with Crippen molar-refractivity contribution in [1.82, 2.24) is 4.57 Å². The Kier molecular flexibility index (Phi) is 4.66. The minimum absolute atomic E-state index is 0.0301. The maximum Gasteiger partial charge on any atom is 0.293 e. The van der Waals surface area contributed by atoms with Gasteiger partial charge in [0.05, 0.1) is 4.92 Å². The van der Waals surface area contributed by atoms with Crippen molar-refractivity contribution >= 4 is 23.9 Å². The summed E-state index contributed by atoms with van der Waals surface area (Å²) in [6, 6.07) is 10.1. The lowest BCUT2D eigenvalue weighted by atomic mass is 10.2. The van der Waals surface area contributed by atoms with Gasteiger partial charge in [-0.25, -0.2) is 0 Å². The van der Waals surface area contributed by atoms with E-state index in [1.807, 2.05) is 6.07 Å². The van der Waals surface area contributed by atoms with E-state index in [9.17, 15) is 10.1 Å². The van der Waals surface area contributed by atoms with Crippen molar-refractivity contribution in [2.75, 3.05) is 0 Å². The van der Waals surface area contributed by atoms with Gasteiger partial charge in [-0.3, -0.25) is 10.1 Å². The van der Waals surface area contributed by atoms with Crippen LogP contribution < -0.4 is 11.5 Å². The molecule has 112 valence electrons. The van der Waals surface area contributed by atoms with E-state index in [0.717, 1.165) is 5.69 Å². The second-order valence-corrected chi connectivity index (χ2v) is 4.20. The molecule has 1 aromatic heterocycles. The first kappa shape index (κ1) is 15.0. The SMILES string of the molecule is NC(N)=N/N=C\C=C/c1cccn1-c1ccccc1[N+](=O)[O-]. The molecular formula is C14H14N6O2. The van der Waals surface area contributed by atoms with Gasteiger partial charge in [0.1, 0.15) is 5.69 Å². The third kappa shape index (κ3) is 3.57. The largest absolute Gasteiger partial charge is 0.369 e. The first-order chi connectivity index (χ1) is 10.6. The van der Waals surface area contributed by atoms with Crippen LogP contribution in [0, 0.1) is 10.1 Å². The van der Waals surface area contributed by atoms with Crippen LogP contribution in [-0.2, 0) is 0 Å². The maximum atomic E-state index is 11.1. The highest BCUT2D eigenvalue weighted by atomic mass is 16.6. The second-order valence-electron chi connectivity index (χ2n) is 4.20. The lowest BCUT2D eigenvalue weighted by Gasteiger charge is -2.06. The number of hydrogen-bond donors (Lipinski definition) is 2. The molecule has 0 aliphatic rings. The fourth-order valence-electron chi connectivity index (χ4n) is 1.85. The van der Waals surface area contributed by atoms with E-state index < -0.39 is 4.92 Å². The Morgan fingerprint density at radius 1 is 1.23 bits per heavy atom. The summed E-state index contributed by atoms with van der Waals surface area (Å²) in [5.41, 5.74) is 11.5. The monoisotopic (exact) mass is 298 g/mol. The summed E-state index contributed by atoms with van der Waals surface area (Å²) in [6.07, 6.45) is 6.53. The fourth-order valence-corrected chi connectivity index (χ4v) is 1.85. The van der Waals surface area contributed by atoms with Crippen molar-refractivity contribution in [2.24, 2.45) is 21.7 Å². The third-order valence-electron chi connectivity index (χ3n) is 2.71. The van der Waals surface area contributed by atoms with E-state index in [4.69, 9.17) is 11.5 Å². The predicted molar refractivity (Wildman–Crippen MR) is 85.8 cm³/mol. The Morgan fingerprint density at radius 3 is 2.73 bits per heavy atom. The van der Waals surface area contributed by atoms with Crippen LogP contribution in [0.25, 0.3) is 11.8 Å². The molecule has 8 nitrogen and oxygen atoms in total. The Balaban J connectivity index is 2.31. The molecule has 8 heteroatoms. The zero-order valence-electron chi connectivity index (χ0n) is 11.5. The van der Waals surface area contributed by atoms with Gasteiger partial charge < -0.3 is 16.0 Å². The highest BCUT2D eigenvalue weighted by Crippen LogP contribution is 2.24. The van der Waals surface area contributed by atoms with Gasteiger partial charge in [0.25, 0.3) is 5.69 Å². The molecular weight excluding hydrogens is 284 g/mol. The number of nitrogens with zero attached hydrogens (tertiary/aromatic N) is 4. The van der Waals surface area contributed by atoms with Crippen molar-refractivity contribution in [2.45, 2.75) is 0 Å². The van der Waals surface area contributed by atoms with E-state index >= 15 is 0 Å². The van der Waals surface area contributed by atoms with Crippen molar-refractivity contribution < 1.29 is 4.92 Å². The van der Waals surface area contributed by atoms with Gasteiger partial charge in [-0.2, -0.15) is 5.10 Å². The van der Waals surface area contributed by atoms with Crippen molar-refractivity contribution in [1.29, 1.82) is 0 Å². The molecule has 0 fully saturated rings. The summed E-state index contributed by atoms with van der Waals surface area (Å²) < 4.78 is 1.71. The number of nitro groups is 1. The van der Waals surface area contributed by atoms with Gasteiger partial charge in [0.2, 0.25) is 5.96 Å². The number of rotatable bonds is 5. The van der Waals surface area contributed by atoms with Gasteiger partial charge in [-0.1, -0.05) is 12.1 Å². The van der Waals surface area contributed by atoms with Gasteiger partial charge in [0, 0.05) is 24.2 Å². The number of benzene rings is 1. The van der Waals surface area contributed by atoms with Crippen LogP contribution in [0.3, 0.4) is 0 Å². The normalized spacial score (nSPS) is 11.1. The molecule has 1 heterocycles. The molecule has 2 aromatic rings. The van der Waals surface area contributed by atoms with Crippen LogP contribution in [0.2, 0.25) is 0 Å². The first-order valence-corrected chi connectivity index (χ1v) is 6.29. The minimum atomic E-state index is -0.414. The highest BCUT2D eigenvalue weighted by Gasteiger charge is 2.14. The number of hydrogen-bond acceptors (Lipinski definition) is 4. The second kappa shape index (κ2) is 6.84. The number of nitrogens with two attached hydrogens (primary N) is 2. The number of allylic oxidation sites excluding steroid dienone is 1. The standard InChI is InChI=1S/C14H14N6O2/c15-14(16)18-17-9-3-5-11-6-4-10-19(11)12-7-1-2-8-13(12)20(21)22/h1-10H,(H4,15,16,18)/b5-3-,17-9-. The van der Waals surface area contributed by atoms with Crippen molar-refractivity contribution in [3.63, 3.8) is 0 Å². The fraction of sp³-hybridized carbons (Fsp3) is 0. The van der Waals surface area contributed by atoms with E-state index in [-0.39, 0.29) is 11.6 Å². The minimum Gasteiger partial charge on any atom is -0.369 e. The van der Waals surface area contributed by atoms with Crippen LogP contribution in [0.15, 0.2) is 58.9 Å². The molecule has 0 aliphatic heterocycles. The molecule has 22 heavy (non-hydrogen) atoms. The molecule has 0 spiro atoms. The average molecular weight is 298 g/mol. The Bertz CT molecular complexity index is 756. The molecule has 0 saturated carbocycles. The van der Waals surface area contributed by atoms with E-state index in [1.54, 1.807) is 47.2 Å². The van der Waals surface area contributed by atoms with Crippen LogP contribution in [0.1, 0.15) is 5.69 Å². The number of guanidine groups is 1. The predicted octanol–water partition coefficient (Wildman–Crippen LogP) is 1.66. The Hall–Kier alpha value is -3.42. The molecule has 0 bridgehead atoms. The summed E-state index contributed by atoms with van der Waals surface area (Å²) in [6.45, 7) is 0. The summed E-state index contributed by atoms with van der Waals surface area (Å²) in [4.78, 5) is 10.7. The van der Waals surface area contributed by atoms with E-state index in [2.05, 4.69) is 10.2 Å². The molecule has 1 aromatic carbocycles. The molecule has 0 atom stereocenters. The van der Waals surface area contributed by atoms with Crippen LogP contribution >= 0.6 is 0 Å². The van der Waals surface area contributed by atoms with Gasteiger partial charge >= 0.3 is 0 Å². The van der Waals surface area contributed by atoms with Crippen LogP contribution in [0.5, 0.6) is 0 Å². The molecule has 0 unspecified atom stereocenters. The number of nitro benzene ring substituents is 1. The molecule has 0 amide bonds. The lowest BCUT2D eigenvalue weighted by molar-refractivity contribution is -0.384. The maximum absolute atomic E-state index is 11.1. The smallest absolute Gasteiger partial charge is 0.293 e. The zero-order valence-corrected chi connectivity index (χ0v) is 11.5. The zero-order chi connectivity index (χ0) is 15.9. The van der Waals surface area contributed by atoms with E-state index in [0.29, 0.717) is 5.69 Å². The quantitative estimate of drug-likeness (QED) is 0.377. The topological polar surface area (TPSA) is 125 Å². The van der Waals surface area contributed by atoms with Gasteiger partial charge in [-0.05, 0) is 30.4 Å². The van der Waals surface area contributed by atoms with Crippen molar-refractivity contribution in [3.05, 3.63) is 64.5 Å². The van der Waals surface area contributed by atoms with Crippen LogP contribution in [0.4, 0.5) is 5.69 Å². The van der Waals surface area contributed by atoms with Crippen LogP contribution in [-0.4, -0.2) is 21.7 Å². The van der Waals surface area contributed by atoms with Gasteiger partial charge in [-0.15, -0.1) is 5.10 Å². The number of para-hydroxylation sites is 2. The third-order valence-corrected chi connectivity index (χ3v) is 2.71. The Labute approximate surface area is 126 Å². The molecule has 0 aliphatic carbocycles. The summed E-state index contributed by atoms with van der Waals surface area (Å²) in [5, 5.41) is 18.2. The lowest BCUT2D eigenvalue weighted by Crippen LogP contribution is -2.21. The van der Waals surface area contributed by atoms with Crippen molar-refractivity contribution in [3.8, 4) is 5.69 Å². The van der Waals surface area contributed by atoms with E-state index in [1.165, 1.54) is 12.3 Å².